The van der Waals surface area contributed by atoms with Gasteiger partial charge in [0, 0.05) is 19.0 Å². The Balaban J connectivity index is 1.99. The van der Waals surface area contributed by atoms with E-state index in [2.05, 4.69) is 5.32 Å². The zero-order valence-electron chi connectivity index (χ0n) is 19.0. The second-order valence-electron chi connectivity index (χ2n) is 8.24. The largest absolute Gasteiger partial charge is 0.481 e. The lowest BCUT2D eigenvalue weighted by Gasteiger charge is -2.31. The summed E-state index contributed by atoms with van der Waals surface area (Å²) >= 11 is 0. The molecule has 2 amide bonds. The number of aryl methyl sites for hydroxylation is 1. The fourth-order valence-corrected chi connectivity index (χ4v) is 3.38. The second-order valence-corrected chi connectivity index (χ2v) is 8.24. The monoisotopic (exact) mass is 488 g/mol. The molecule has 9 nitrogen and oxygen atoms in total. The van der Waals surface area contributed by atoms with Crippen LogP contribution in [0.4, 0.5) is 18.0 Å². The minimum absolute atomic E-state index is 0.238. The van der Waals surface area contributed by atoms with Crippen molar-refractivity contribution in [2.24, 2.45) is 5.92 Å². The fraction of sp³-hybridized carbons (Fsp3) is 0.545. The van der Waals surface area contributed by atoms with Crippen LogP contribution in [0, 0.1) is 30.3 Å². The van der Waals surface area contributed by atoms with Gasteiger partial charge in [-0.05, 0) is 45.2 Å². The van der Waals surface area contributed by atoms with Gasteiger partial charge in [0.15, 0.2) is 23.2 Å². The van der Waals surface area contributed by atoms with Gasteiger partial charge in [-0.15, -0.1) is 0 Å². The zero-order valence-corrected chi connectivity index (χ0v) is 19.0. The van der Waals surface area contributed by atoms with Crippen molar-refractivity contribution in [3.63, 3.8) is 0 Å². The van der Waals surface area contributed by atoms with E-state index in [0.717, 1.165) is 0 Å². The molecule has 1 aromatic carbocycles. The molecule has 1 aromatic rings. The van der Waals surface area contributed by atoms with E-state index in [1.165, 1.54) is 11.8 Å². The van der Waals surface area contributed by atoms with Gasteiger partial charge in [0.1, 0.15) is 12.6 Å². The van der Waals surface area contributed by atoms with Gasteiger partial charge < -0.3 is 24.8 Å². The summed E-state index contributed by atoms with van der Waals surface area (Å²) in [6.07, 6.45) is -1.06. The molecule has 0 aliphatic carbocycles. The number of carboxylic acids is 1. The molecule has 0 unspecified atom stereocenters. The molecule has 1 aliphatic rings. The molecule has 34 heavy (non-hydrogen) atoms. The van der Waals surface area contributed by atoms with E-state index in [9.17, 15) is 32.3 Å². The summed E-state index contributed by atoms with van der Waals surface area (Å²) in [6, 6.07) is -0.907. The van der Waals surface area contributed by atoms with Crippen LogP contribution >= 0.6 is 0 Å². The van der Waals surface area contributed by atoms with Crippen molar-refractivity contribution in [2.75, 3.05) is 19.7 Å². The molecule has 2 N–H and O–H groups in total. The quantitative estimate of drug-likeness (QED) is 0.513. The van der Waals surface area contributed by atoms with Crippen LogP contribution in [0.2, 0.25) is 0 Å². The predicted molar refractivity (Wildman–Crippen MR) is 112 cm³/mol. The van der Waals surface area contributed by atoms with Crippen molar-refractivity contribution in [1.82, 2.24) is 10.2 Å². The van der Waals surface area contributed by atoms with Crippen LogP contribution in [0.5, 0.6) is 5.75 Å². The topological polar surface area (TPSA) is 122 Å². The Hall–Kier alpha value is -3.31. The minimum atomic E-state index is -1.63. The number of nitrogens with one attached hydrogen (secondary N) is 1. The molecule has 2 rings (SSSR count). The first kappa shape index (κ1) is 26.9. The van der Waals surface area contributed by atoms with E-state index < -0.39 is 71.9 Å². The number of likely N-dealkylation sites (tertiary alicyclic amines) is 1. The maximum atomic E-state index is 14.1. The third kappa shape index (κ3) is 7.09. The van der Waals surface area contributed by atoms with E-state index >= 15 is 0 Å². The first-order valence-corrected chi connectivity index (χ1v) is 10.7. The number of halogens is 3. The standard InChI is InChI=1S/C22H27F3N2O7/c1-11(2)34-22(32)27-6-4-13(5-7-27)21(31)26-15(9-17(29)30)16(28)10-33-20-18(24)12(3)8-14(23)19(20)25/h8,11,13,15H,4-7,9-10H2,1-3H3,(H,26,31)(H,29,30)/t15-/m0/s1. The molecule has 1 fully saturated rings. The lowest BCUT2D eigenvalue weighted by Crippen LogP contribution is -2.49. The molecule has 0 spiro atoms. The molecule has 0 aromatic heterocycles. The average molecular weight is 488 g/mol. The normalized spacial score (nSPS) is 15.1. The molecule has 0 radical (unpaired) electrons. The zero-order chi connectivity index (χ0) is 25.6. The molecule has 0 bridgehead atoms. The number of ether oxygens (including phenoxy) is 2. The number of Topliss-reactive ketones (excluding diaryl/α,β-unsaturated/α-hetero) is 1. The van der Waals surface area contributed by atoms with Crippen molar-refractivity contribution in [1.29, 1.82) is 0 Å². The Bertz CT molecular complexity index is 921. The van der Waals surface area contributed by atoms with E-state index in [1.807, 2.05) is 0 Å². The van der Waals surface area contributed by atoms with Crippen molar-refractivity contribution in [3.05, 3.63) is 29.1 Å². The summed E-state index contributed by atoms with van der Waals surface area (Å²) in [7, 11) is 0. The first-order chi connectivity index (χ1) is 15.9. The average Bonchev–Trinajstić information content (AvgIpc) is 2.76. The number of ketones is 1. The lowest BCUT2D eigenvalue weighted by atomic mass is 9.95. The Labute approximate surface area is 194 Å². The van der Waals surface area contributed by atoms with Crippen LogP contribution in [0.25, 0.3) is 0 Å². The van der Waals surface area contributed by atoms with Crippen LogP contribution in [-0.2, 0) is 19.1 Å². The SMILES string of the molecule is Cc1cc(F)c(F)c(OCC(=O)[C@H](CC(=O)O)NC(=O)C2CCN(C(=O)OC(C)C)CC2)c1F. The number of hydrogen-bond donors (Lipinski definition) is 2. The van der Waals surface area contributed by atoms with Gasteiger partial charge in [-0.3, -0.25) is 14.4 Å². The molecule has 1 atom stereocenters. The Kier molecular flexibility index (Phi) is 9.28. The number of benzene rings is 1. The predicted octanol–water partition coefficient (Wildman–Crippen LogP) is 2.58. The molecule has 1 heterocycles. The molecule has 1 saturated heterocycles. The summed E-state index contributed by atoms with van der Waals surface area (Å²) in [5.74, 6) is -8.86. The maximum Gasteiger partial charge on any atom is 0.410 e. The summed E-state index contributed by atoms with van der Waals surface area (Å²) in [5, 5.41) is 11.4. The number of aliphatic carboxylic acids is 1. The summed E-state index contributed by atoms with van der Waals surface area (Å²) in [6.45, 7) is 4.07. The Morgan fingerprint density at radius 3 is 2.32 bits per heavy atom. The molecular weight excluding hydrogens is 461 g/mol. The van der Waals surface area contributed by atoms with Crippen LogP contribution in [-0.4, -0.2) is 65.6 Å². The van der Waals surface area contributed by atoms with Crippen molar-refractivity contribution in [3.8, 4) is 5.75 Å². The van der Waals surface area contributed by atoms with Crippen molar-refractivity contribution in [2.45, 2.75) is 52.2 Å². The molecule has 0 saturated carbocycles. The molecule has 1 aliphatic heterocycles. The molecular formula is C22H27F3N2O7. The highest BCUT2D eigenvalue weighted by atomic mass is 19.2. The summed E-state index contributed by atoms with van der Waals surface area (Å²) in [4.78, 5) is 49.7. The highest BCUT2D eigenvalue weighted by Gasteiger charge is 2.32. The summed E-state index contributed by atoms with van der Waals surface area (Å²) < 4.78 is 51.4. The number of hydrogen-bond acceptors (Lipinski definition) is 6. The smallest absolute Gasteiger partial charge is 0.410 e. The van der Waals surface area contributed by atoms with E-state index in [-0.39, 0.29) is 37.6 Å². The molecule has 12 heteroatoms. The molecule has 188 valence electrons. The number of carbonyl (C=O) groups excluding carboxylic acids is 3. The summed E-state index contributed by atoms with van der Waals surface area (Å²) in [5.41, 5.74) is -0.250. The number of amides is 2. The Morgan fingerprint density at radius 2 is 1.76 bits per heavy atom. The number of nitrogens with zero attached hydrogens (tertiary/aromatic N) is 1. The van der Waals surface area contributed by atoms with Gasteiger partial charge >= 0.3 is 12.1 Å². The highest BCUT2D eigenvalue weighted by molar-refractivity contribution is 5.93. The minimum Gasteiger partial charge on any atom is -0.481 e. The van der Waals surface area contributed by atoms with Crippen molar-refractivity contribution >= 4 is 23.8 Å². The van der Waals surface area contributed by atoms with Gasteiger partial charge in [0.25, 0.3) is 0 Å². The van der Waals surface area contributed by atoms with Crippen LogP contribution in [0.15, 0.2) is 6.07 Å². The second kappa shape index (κ2) is 11.7. The van der Waals surface area contributed by atoms with Gasteiger partial charge in [-0.25, -0.2) is 13.6 Å². The van der Waals surface area contributed by atoms with Crippen molar-refractivity contribution < 1.29 is 46.9 Å². The van der Waals surface area contributed by atoms with E-state index in [1.54, 1.807) is 13.8 Å². The highest BCUT2D eigenvalue weighted by Crippen LogP contribution is 2.27. The van der Waals surface area contributed by atoms with Crippen LogP contribution < -0.4 is 10.1 Å². The van der Waals surface area contributed by atoms with Crippen LogP contribution in [0.1, 0.15) is 38.7 Å². The van der Waals surface area contributed by atoms with Gasteiger partial charge in [0.2, 0.25) is 11.7 Å². The number of carbonyl (C=O) groups is 4. The number of carboxylic acid groups (broad SMARTS) is 1. The number of piperidine rings is 1. The van der Waals surface area contributed by atoms with Gasteiger partial charge in [-0.2, -0.15) is 4.39 Å². The lowest BCUT2D eigenvalue weighted by molar-refractivity contribution is -0.141. The maximum absolute atomic E-state index is 14.1. The van der Waals surface area contributed by atoms with E-state index in [0.29, 0.717) is 6.07 Å². The third-order valence-electron chi connectivity index (χ3n) is 5.20. The van der Waals surface area contributed by atoms with Gasteiger partial charge in [-0.1, -0.05) is 0 Å². The first-order valence-electron chi connectivity index (χ1n) is 10.7. The van der Waals surface area contributed by atoms with Gasteiger partial charge in [0.05, 0.1) is 12.5 Å². The van der Waals surface area contributed by atoms with Crippen LogP contribution in [0.3, 0.4) is 0 Å². The Morgan fingerprint density at radius 1 is 1.15 bits per heavy atom. The third-order valence-corrected chi connectivity index (χ3v) is 5.20. The van der Waals surface area contributed by atoms with E-state index in [4.69, 9.17) is 14.6 Å². The fourth-order valence-electron chi connectivity index (χ4n) is 3.38. The number of rotatable bonds is 9.